The molecule has 0 fully saturated rings. The Kier molecular flexibility index (Phi) is 2.80. The molecule has 0 amide bonds. The first kappa shape index (κ1) is 12.1. The predicted molar refractivity (Wildman–Crippen MR) is 74.8 cm³/mol. The van der Waals surface area contributed by atoms with Gasteiger partial charge >= 0.3 is 5.97 Å². The van der Waals surface area contributed by atoms with E-state index in [2.05, 4.69) is 9.97 Å². The van der Waals surface area contributed by atoms with Gasteiger partial charge in [-0.2, -0.15) is 0 Å². The van der Waals surface area contributed by atoms with Crippen molar-refractivity contribution in [3.63, 3.8) is 0 Å². The number of hydrogen-bond acceptors (Lipinski definition) is 3. The van der Waals surface area contributed by atoms with Crippen LogP contribution in [0.3, 0.4) is 0 Å². The topological polar surface area (TPSA) is 83.0 Å². The van der Waals surface area contributed by atoms with Crippen LogP contribution in [-0.2, 0) is 0 Å². The summed E-state index contributed by atoms with van der Waals surface area (Å²) in [6, 6.07) is 12.7. The van der Waals surface area contributed by atoms with E-state index in [1.165, 1.54) is 6.07 Å². The second-order valence-electron chi connectivity index (χ2n) is 4.30. The van der Waals surface area contributed by atoms with E-state index >= 15 is 0 Å². The molecule has 1 heterocycles. The average Bonchev–Trinajstić information content (AvgIpc) is 2.46. The lowest BCUT2D eigenvalue weighted by molar-refractivity contribution is 0.0699. The fourth-order valence-corrected chi connectivity index (χ4v) is 2.16. The van der Waals surface area contributed by atoms with Crippen molar-refractivity contribution in [3.05, 3.63) is 64.6 Å². The van der Waals surface area contributed by atoms with Gasteiger partial charge in [0.1, 0.15) is 0 Å². The van der Waals surface area contributed by atoms with Gasteiger partial charge in [-0.15, -0.1) is 0 Å². The standard InChI is InChI=1S/C15H10N2O3/c18-12-8-16-13-10(9-4-2-1-3-5-9)6-7-11(15(19)20)14(13)17-12/h1-8H,(H,17,18)(H,19,20). The zero-order chi connectivity index (χ0) is 14.1. The molecule has 0 aliphatic heterocycles. The number of aromatic carboxylic acids is 1. The summed E-state index contributed by atoms with van der Waals surface area (Å²) in [7, 11) is 0. The van der Waals surface area contributed by atoms with Gasteiger partial charge in [-0.1, -0.05) is 36.4 Å². The number of fused-ring (bicyclic) bond motifs is 1. The molecule has 0 bridgehead atoms. The zero-order valence-electron chi connectivity index (χ0n) is 10.3. The summed E-state index contributed by atoms with van der Waals surface area (Å²) in [6.45, 7) is 0. The molecular weight excluding hydrogens is 256 g/mol. The number of aromatic amines is 1. The number of nitrogens with zero attached hydrogens (tertiary/aromatic N) is 1. The highest BCUT2D eigenvalue weighted by molar-refractivity contribution is 6.05. The van der Waals surface area contributed by atoms with Crippen LogP contribution in [0.1, 0.15) is 10.4 Å². The Morgan fingerprint density at radius 3 is 2.55 bits per heavy atom. The first-order valence-electron chi connectivity index (χ1n) is 5.97. The molecule has 98 valence electrons. The third kappa shape index (κ3) is 1.95. The van der Waals surface area contributed by atoms with Gasteiger partial charge in [0.25, 0.3) is 5.56 Å². The molecule has 5 nitrogen and oxygen atoms in total. The molecule has 0 atom stereocenters. The first-order valence-corrected chi connectivity index (χ1v) is 5.97. The fourth-order valence-electron chi connectivity index (χ4n) is 2.16. The Morgan fingerprint density at radius 2 is 1.85 bits per heavy atom. The summed E-state index contributed by atoms with van der Waals surface area (Å²) in [6.07, 6.45) is 1.15. The maximum Gasteiger partial charge on any atom is 0.337 e. The van der Waals surface area contributed by atoms with Gasteiger partial charge in [0.05, 0.1) is 22.8 Å². The third-order valence-corrected chi connectivity index (χ3v) is 3.05. The number of benzene rings is 2. The predicted octanol–water partition coefficient (Wildman–Crippen LogP) is 2.29. The van der Waals surface area contributed by atoms with Crippen molar-refractivity contribution in [2.75, 3.05) is 0 Å². The molecule has 5 heteroatoms. The van der Waals surface area contributed by atoms with Crippen LogP contribution in [0.2, 0.25) is 0 Å². The number of hydrogen-bond donors (Lipinski definition) is 2. The molecule has 2 N–H and O–H groups in total. The van der Waals surface area contributed by atoms with E-state index in [1.54, 1.807) is 6.07 Å². The van der Waals surface area contributed by atoms with E-state index in [0.717, 1.165) is 17.3 Å². The van der Waals surface area contributed by atoms with E-state index in [-0.39, 0.29) is 11.1 Å². The van der Waals surface area contributed by atoms with Gasteiger partial charge in [0.2, 0.25) is 0 Å². The molecule has 0 aliphatic rings. The largest absolute Gasteiger partial charge is 0.478 e. The fraction of sp³-hybridized carbons (Fsp3) is 0. The van der Waals surface area contributed by atoms with E-state index in [1.807, 2.05) is 30.3 Å². The van der Waals surface area contributed by atoms with Crippen LogP contribution in [0.5, 0.6) is 0 Å². The Bertz CT molecular complexity index is 854. The summed E-state index contributed by atoms with van der Waals surface area (Å²) in [5.41, 5.74) is 2.01. The molecule has 0 saturated heterocycles. The van der Waals surface area contributed by atoms with Gasteiger partial charge in [-0.05, 0) is 11.6 Å². The number of H-pyrrole nitrogens is 1. The maximum atomic E-state index is 11.4. The molecule has 0 radical (unpaired) electrons. The van der Waals surface area contributed by atoms with Crippen molar-refractivity contribution in [2.45, 2.75) is 0 Å². The van der Waals surface area contributed by atoms with E-state index < -0.39 is 11.5 Å². The summed E-state index contributed by atoms with van der Waals surface area (Å²) in [5, 5.41) is 9.19. The van der Waals surface area contributed by atoms with Crippen LogP contribution in [0.4, 0.5) is 0 Å². The van der Waals surface area contributed by atoms with Crippen LogP contribution in [0.15, 0.2) is 53.5 Å². The minimum Gasteiger partial charge on any atom is -0.478 e. The second kappa shape index (κ2) is 4.62. The number of carboxylic acid groups (broad SMARTS) is 1. The Balaban J connectivity index is 2.40. The number of carboxylic acids is 1. The first-order chi connectivity index (χ1) is 9.66. The molecule has 0 saturated carbocycles. The van der Waals surface area contributed by atoms with E-state index in [4.69, 9.17) is 0 Å². The van der Waals surface area contributed by atoms with Gasteiger partial charge in [-0.3, -0.25) is 4.79 Å². The van der Waals surface area contributed by atoms with Crippen LogP contribution < -0.4 is 5.56 Å². The highest BCUT2D eigenvalue weighted by atomic mass is 16.4. The Labute approximate surface area is 113 Å². The van der Waals surface area contributed by atoms with Gasteiger partial charge in [-0.25, -0.2) is 9.78 Å². The lowest BCUT2D eigenvalue weighted by Crippen LogP contribution is -2.09. The molecule has 0 aliphatic carbocycles. The summed E-state index contributed by atoms with van der Waals surface area (Å²) in [4.78, 5) is 29.3. The summed E-state index contributed by atoms with van der Waals surface area (Å²) >= 11 is 0. The van der Waals surface area contributed by atoms with Crippen LogP contribution in [0.25, 0.3) is 22.2 Å². The number of carbonyl (C=O) groups is 1. The van der Waals surface area contributed by atoms with E-state index in [9.17, 15) is 14.7 Å². The van der Waals surface area contributed by atoms with Crippen LogP contribution >= 0.6 is 0 Å². The summed E-state index contributed by atoms with van der Waals surface area (Å²) < 4.78 is 0. The quantitative estimate of drug-likeness (QED) is 0.745. The van der Waals surface area contributed by atoms with Crippen LogP contribution in [0, 0.1) is 0 Å². The van der Waals surface area contributed by atoms with Gasteiger partial charge < -0.3 is 10.1 Å². The summed E-state index contributed by atoms with van der Waals surface area (Å²) in [5.74, 6) is -1.10. The van der Waals surface area contributed by atoms with Crippen molar-refractivity contribution in [1.82, 2.24) is 9.97 Å². The Hall–Kier alpha value is -2.95. The van der Waals surface area contributed by atoms with Crippen LogP contribution in [-0.4, -0.2) is 21.0 Å². The molecule has 20 heavy (non-hydrogen) atoms. The average molecular weight is 266 g/mol. The second-order valence-corrected chi connectivity index (χ2v) is 4.30. The monoisotopic (exact) mass is 266 g/mol. The molecule has 3 rings (SSSR count). The van der Waals surface area contributed by atoms with Gasteiger partial charge in [0.15, 0.2) is 0 Å². The third-order valence-electron chi connectivity index (χ3n) is 3.05. The van der Waals surface area contributed by atoms with Crippen molar-refractivity contribution in [3.8, 4) is 11.1 Å². The minimum atomic E-state index is -1.10. The molecule has 1 aromatic heterocycles. The van der Waals surface area contributed by atoms with Crippen molar-refractivity contribution >= 4 is 17.0 Å². The lowest BCUT2D eigenvalue weighted by atomic mass is 10.0. The molecule has 0 unspecified atom stereocenters. The minimum absolute atomic E-state index is 0.0323. The SMILES string of the molecule is O=C(O)c1ccc(-c2ccccc2)c2ncc(=O)[nH]c12. The van der Waals surface area contributed by atoms with E-state index in [0.29, 0.717) is 5.52 Å². The lowest BCUT2D eigenvalue weighted by Gasteiger charge is -2.07. The Morgan fingerprint density at radius 1 is 1.10 bits per heavy atom. The molecule has 2 aromatic carbocycles. The maximum absolute atomic E-state index is 11.4. The number of rotatable bonds is 2. The van der Waals surface area contributed by atoms with Crippen molar-refractivity contribution < 1.29 is 9.90 Å². The normalized spacial score (nSPS) is 10.6. The molecular formula is C15H10N2O3. The van der Waals surface area contributed by atoms with Gasteiger partial charge in [0, 0.05) is 5.56 Å². The molecule has 0 spiro atoms. The smallest absolute Gasteiger partial charge is 0.337 e. The highest BCUT2D eigenvalue weighted by Crippen LogP contribution is 2.27. The number of nitrogens with one attached hydrogen (secondary N) is 1. The number of aromatic nitrogens is 2. The van der Waals surface area contributed by atoms with Crippen molar-refractivity contribution in [2.24, 2.45) is 0 Å². The van der Waals surface area contributed by atoms with Crippen molar-refractivity contribution in [1.29, 1.82) is 0 Å². The highest BCUT2D eigenvalue weighted by Gasteiger charge is 2.14. The zero-order valence-corrected chi connectivity index (χ0v) is 10.3. The molecule has 3 aromatic rings.